The molecule has 0 radical (unpaired) electrons. The summed E-state index contributed by atoms with van der Waals surface area (Å²) in [7, 11) is 1.93. The lowest BCUT2D eigenvalue weighted by Crippen LogP contribution is -2.25. The van der Waals surface area contributed by atoms with Crippen LogP contribution in [0.5, 0.6) is 0 Å². The van der Waals surface area contributed by atoms with Gasteiger partial charge in [0.2, 0.25) is 0 Å². The van der Waals surface area contributed by atoms with E-state index in [4.69, 9.17) is 0 Å². The van der Waals surface area contributed by atoms with Gasteiger partial charge in [-0.05, 0) is 19.2 Å². The van der Waals surface area contributed by atoms with Crippen LogP contribution < -0.4 is 0 Å². The molecule has 4 heteroatoms. The topological polar surface area (TPSA) is 25.2 Å². The lowest BCUT2D eigenvalue weighted by Gasteiger charge is -2.16. The molecule has 1 heterocycles. The molecule has 3 nitrogen and oxygen atoms in total. The fraction of sp³-hybridized carbons (Fsp3) is 0.615. The molecule has 96 valence electrons. The maximum Gasteiger partial charge on any atom is 0.174 e. The molecule has 0 aliphatic rings. The molecule has 0 atom stereocenters. The first kappa shape index (κ1) is 14.3. The van der Waals surface area contributed by atoms with Gasteiger partial charge in [-0.15, -0.1) is 0 Å². The Hall–Kier alpha value is -0.740. The molecule has 0 saturated heterocycles. The van der Waals surface area contributed by atoms with E-state index in [0.717, 1.165) is 31.0 Å². The Morgan fingerprint density at radius 1 is 1.41 bits per heavy atom. The number of rotatable bonds is 8. The third kappa shape index (κ3) is 4.96. The maximum absolute atomic E-state index is 11.8. The summed E-state index contributed by atoms with van der Waals surface area (Å²) in [5.41, 5.74) is 0.822. The van der Waals surface area contributed by atoms with Crippen molar-refractivity contribution in [3.05, 3.63) is 24.0 Å². The van der Waals surface area contributed by atoms with Crippen molar-refractivity contribution in [2.45, 2.75) is 13.8 Å². The van der Waals surface area contributed by atoms with E-state index in [1.54, 1.807) is 11.8 Å². The molecule has 1 aromatic heterocycles. The molecule has 0 aliphatic carbocycles. The van der Waals surface area contributed by atoms with E-state index in [-0.39, 0.29) is 5.78 Å². The summed E-state index contributed by atoms with van der Waals surface area (Å²) in [6.45, 7) is 7.58. The van der Waals surface area contributed by atoms with Gasteiger partial charge in [0, 0.05) is 37.3 Å². The van der Waals surface area contributed by atoms with E-state index in [2.05, 4.69) is 18.7 Å². The second-order valence-electron chi connectivity index (χ2n) is 4.07. The molecule has 0 unspecified atom stereocenters. The van der Waals surface area contributed by atoms with Crippen molar-refractivity contribution in [2.24, 2.45) is 7.05 Å². The minimum atomic E-state index is 0.232. The Labute approximate surface area is 108 Å². The van der Waals surface area contributed by atoms with Crippen molar-refractivity contribution in [3.63, 3.8) is 0 Å². The lowest BCUT2D eigenvalue weighted by atomic mass is 10.2. The van der Waals surface area contributed by atoms with Crippen LogP contribution in [-0.4, -0.2) is 46.4 Å². The van der Waals surface area contributed by atoms with Crippen LogP contribution in [0, 0.1) is 0 Å². The van der Waals surface area contributed by atoms with Crippen molar-refractivity contribution in [2.75, 3.05) is 31.1 Å². The molecule has 0 N–H and O–H groups in total. The zero-order valence-electron chi connectivity index (χ0n) is 11.0. The number of nitrogens with zero attached hydrogens (tertiary/aromatic N) is 2. The van der Waals surface area contributed by atoms with E-state index in [1.807, 2.05) is 30.1 Å². The number of carbonyl (C=O) groups excluding carboxylic acids is 1. The number of aryl methyl sites for hydroxylation is 1. The molecule has 0 spiro atoms. The number of hydrogen-bond donors (Lipinski definition) is 0. The Morgan fingerprint density at radius 2 is 2.12 bits per heavy atom. The summed E-state index contributed by atoms with van der Waals surface area (Å²) in [5, 5.41) is 0. The summed E-state index contributed by atoms with van der Waals surface area (Å²) >= 11 is 1.72. The van der Waals surface area contributed by atoms with Crippen LogP contribution in [0.3, 0.4) is 0 Å². The monoisotopic (exact) mass is 254 g/mol. The standard InChI is InChI=1S/C13H22N2OS/c1-4-15(5-2)8-9-17-11-13(16)12-6-7-14(3)10-12/h6-7,10H,4-5,8-9,11H2,1-3H3. The number of aromatic nitrogens is 1. The minimum absolute atomic E-state index is 0.232. The summed E-state index contributed by atoms with van der Waals surface area (Å²) < 4.78 is 1.91. The minimum Gasteiger partial charge on any atom is -0.357 e. The zero-order chi connectivity index (χ0) is 12.7. The highest BCUT2D eigenvalue weighted by molar-refractivity contribution is 8.00. The van der Waals surface area contributed by atoms with Crippen LogP contribution in [0.2, 0.25) is 0 Å². The van der Waals surface area contributed by atoms with Crippen molar-refractivity contribution in [1.29, 1.82) is 0 Å². The summed E-state index contributed by atoms with van der Waals surface area (Å²) in [6.07, 6.45) is 3.79. The molecule has 0 saturated carbocycles. The quantitative estimate of drug-likeness (QED) is 0.526. The van der Waals surface area contributed by atoms with Gasteiger partial charge in [0.15, 0.2) is 5.78 Å². The SMILES string of the molecule is CCN(CC)CCSCC(=O)c1ccn(C)c1. The molecule has 0 amide bonds. The first-order chi connectivity index (χ1) is 8.17. The second kappa shape index (κ2) is 7.56. The summed E-state index contributed by atoms with van der Waals surface area (Å²) in [4.78, 5) is 14.2. The lowest BCUT2D eigenvalue weighted by molar-refractivity contribution is 0.102. The van der Waals surface area contributed by atoms with Gasteiger partial charge in [-0.25, -0.2) is 0 Å². The predicted octanol–water partition coefficient (Wildman–Crippen LogP) is 2.28. The fourth-order valence-electron chi connectivity index (χ4n) is 1.65. The average molecular weight is 254 g/mol. The van der Waals surface area contributed by atoms with E-state index in [0.29, 0.717) is 5.75 Å². The maximum atomic E-state index is 11.8. The van der Waals surface area contributed by atoms with Gasteiger partial charge >= 0.3 is 0 Å². The Balaban J connectivity index is 2.21. The molecular weight excluding hydrogens is 232 g/mol. The first-order valence-electron chi connectivity index (χ1n) is 6.12. The number of Topliss-reactive ketones (excluding diaryl/α,β-unsaturated/α-hetero) is 1. The van der Waals surface area contributed by atoms with Gasteiger partial charge in [-0.2, -0.15) is 11.8 Å². The molecule has 1 rings (SSSR count). The van der Waals surface area contributed by atoms with Crippen LogP contribution in [0.15, 0.2) is 18.5 Å². The Bertz CT molecular complexity index is 345. The van der Waals surface area contributed by atoms with Crippen molar-refractivity contribution < 1.29 is 4.79 Å². The molecule has 0 aromatic carbocycles. The molecule has 0 fully saturated rings. The largest absolute Gasteiger partial charge is 0.357 e. The fourth-order valence-corrected chi connectivity index (χ4v) is 2.53. The number of thioether (sulfide) groups is 1. The average Bonchev–Trinajstić information content (AvgIpc) is 2.76. The molecule has 17 heavy (non-hydrogen) atoms. The molecule has 0 aliphatic heterocycles. The summed E-state index contributed by atoms with van der Waals surface area (Å²) in [6, 6.07) is 1.88. The smallest absolute Gasteiger partial charge is 0.174 e. The van der Waals surface area contributed by atoms with Gasteiger partial charge in [-0.3, -0.25) is 4.79 Å². The van der Waals surface area contributed by atoms with E-state index >= 15 is 0 Å². The van der Waals surface area contributed by atoms with Crippen LogP contribution in [0.4, 0.5) is 0 Å². The second-order valence-corrected chi connectivity index (χ2v) is 5.17. The molecular formula is C13H22N2OS. The molecule has 0 bridgehead atoms. The van der Waals surface area contributed by atoms with Crippen molar-refractivity contribution >= 4 is 17.5 Å². The van der Waals surface area contributed by atoms with Crippen LogP contribution in [0.25, 0.3) is 0 Å². The molecule has 1 aromatic rings. The van der Waals surface area contributed by atoms with Gasteiger partial charge in [0.05, 0.1) is 5.75 Å². The van der Waals surface area contributed by atoms with Gasteiger partial charge in [0.1, 0.15) is 0 Å². The zero-order valence-corrected chi connectivity index (χ0v) is 11.8. The highest BCUT2D eigenvalue weighted by Crippen LogP contribution is 2.08. The van der Waals surface area contributed by atoms with Crippen LogP contribution >= 0.6 is 11.8 Å². The Kier molecular flexibility index (Phi) is 6.37. The van der Waals surface area contributed by atoms with Crippen LogP contribution in [0.1, 0.15) is 24.2 Å². The highest BCUT2D eigenvalue weighted by atomic mass is 32.2. The van der Waals surface area contributed by atoms with Crippen molar-refractivity contribution in [3.8, 4) is 0 Å². The van der Waals surface area contributed by atoms with Gasteiger partial charge < -0.3 is 9.47 Å². The first-order valence-corrected chi connectivity index (χ1v) is 7.28. The highest BCUT2D eigenvalue weighted by Gasteiger charge is 2.07. The number of hydrogen-bond acceptors (Lipinski definition) is 3. The third-order valence-electron chi connectivity index (χ3n) is 2.83. The predicted molar refractivity (Wildman–Crippen MR) is 74.9 cm³/mol. The van der Waals surface area contributed by atoms with E-state index < -0.39 is 0 Å². The third-order valence-corrected chi connectivity index (χ3v) is 3.77. The number of carbonyl (C=O) groups is 1. The van der Waals surface area contributed by atoms with Crippen molar-refractivity contribution in [1.82, 2.24) is 9.47 Å². The van der Waals surface area contributed by atoms with Crippen LogP contribution in [-0.2, 0) is 7.05 Å². The normalized spacial score (nSPS) is 11.1. The Morgan fingerprint density at radius 3 is 2.65 bits per heavy atom. The number of ketones is 1. The van der Waals surface area contributed by atoms with E-state index in [9.17, 15) is 4.79 Å². The summed E-state index contributed by atoms with van der Waals surface area (Å²) in [5.74, 6) is 1.85. The van der Waals surface area contributed by atoms with E-state index in [1.165, 1.54) is 0 Å². The van der Waals surface area contributed by atoms with Gasteiger partial charge in [0.25, 0.3) is 0 Å². The van der Waals surface area contributed by atoms with Gasteiger partial charge in [-0.1, -0.05) is 13.8 Å².